The van der Waals surface area contributed by atoms with E-state index in [1.165, 1.54) is 0 Å². The van der Waals surface area contributed by atoms with Gasteiger partial charge in [-0.3, -0.25) is 9.69 Å². The Morgan fingerprint density at radius 1 is 1.28 bits per heavy atom. The zero-order valence-corrected chi connectivity index (χ0v) is 14.0. The summed E-state index contributed by atoms with van der Waals surface area (Å²) in [4.78, 5) is 14.5. The predicted octanol–water partition coefficient (Wildman–Crippen LogP) is 2.11. The van der Waals surface area contributed by atoms with Crippen molar-refractivity contribution in [3.05, 3.63) is 59.4 Å². The number of halogens is 2. The topological polar surface area (TPSA) is 46.5 Å². The first-order valence-corrected chi connectivity index (χ1v) is 8.22. The van der Waals surface area contributed by atoms with Crippen LogP contribution in [-0.2, 0) is 11.8 Å². The van der Waals surface area contributed by atoms with Crippen LogP contribution in [0, 0.1) is 11.6 Å². The summed E-state index contributed by atoms with van der Waals surface area (Å²) in [5.41, 5.74) is 0.899. The van der Waals surface area contributed by atoms with E-state index in [0.29, 0.717) is 25.8 Å². The Bertz CT molecular complexity index is 742. The number of nitrogens with zero attached hydrogens (tertiary/aromatic N) is 2. The van der Waals surface area contributed by atoms with Gasteiger partial charge in [0.05, 0.1) is 24.8 Å². The van der Waals surface area contributed by atoms with Crippen molar-refractivity contribution < 1.29 is 18.3 Å². The average Bonchev–Trinajstić information content (AvgIpc) is 3.02. The van der Waals surface area contributed by atoms with E-state index in [9.17, 15) is 13.6 Å². The molecule has 1 aromatic heterocycles. The van der Waals surface area contributed by atoms with Crippen molar-refractivity contribution in [2.45, 2.75) is 6.04 Å². The molecular formula is C18H21F2N3O2. The van der Waals surface area contributed by atoms with Crippen molar-refractivity contribution in [3.63, 3.8) is 0 Å². The van der Waals surface area contributed by atoms with Gasteiger partial charge in [-0.25, -0.2) is 8.78 Å². The highest BCUT2D eigenvalue weighted by atomic mass is 19.1. The highest BCUT2D eigenvalue weighted by molar-refractivity contribution is 5.94. The number of aryl methyl sites for hydroxylation is 1. The van der Waals surface area contributed by atoms with Crippen LogP contribution in [0.5, 0.6) is 0 Å². The smallest absolute Gasteiger partial charge is 0.254 e. The summed E-state index contributed by atoms with van der Waals surface area (Å²) in [5, 5.41) is 2.77. The van der Waals surface area contributed by atoms with E-state index in [1.807, 2.05) is 29.9 Å². The molecule has 2 aromatic rings. The van der Waals surface area contributed by atoms with Gasteiger partial charge in [0.25, 0.3) is 5.91 Å². The molecule has 0 saturated carbocycles. The van der Waals surface area contributed by atoms with Crippen molar-refractivity contribution in [2.24, 2.45) is 7.05 Å². The summed E-state index contributed by atoms with van der Waals surface area (Å²) >= 11 is 0. The summed E-state index contributed by atoms with van der Waals surface area (Å²) < 4.78 is 34.2. The predicted molar refractivity (Wildman–Crippen MR) is 89.2 cm³/mol. The lowest BCUT2D eigenvalue weighted by Gasteiger charge is -2.35. The third kappa shape index (κ3) is 4.05. The van der Waals surface area contributed by atoms with Crippen LogP contribution < -0.4 is 5.32 Å². The SMILES string of the molecule is Cn1cccc1[C@@H](CNC(=O)c1ccc(F)cc1F)N1CCOCC1. The molecular weight excluding hydrogens is 328 g/mol. The monoisotopic (exact) mass is 349 g/mol. The van der Waals surface area contributed by atoms with E-state index < -0.39 is 17.5 Å². The molecule has 1 amide bonds. The minimum atomic E-state index is -0.862. The first-order valence-electron chi connectivity index (χ1n) is 8.22. The fourth-order valence-electron chi connectivity index (χ4n) is 3.09. The van der Waals surface area contributed by atoms with E-state index in [1.54, 1.807) is 0 Å². The molecule has 25 heavy (non-hydrogen) atoms. The maximum Gasteiger partial charge on any atom is 0.254 e. The van der Waals surface area contributed by atoms with Crippen molar-refractivity contribution in [3.8, 4) is 0 Å². The van der Waals surface area contributed by atoms with Crippen molar-refractivity contribution >= 4 is 5.91 Å². The average molecular weight is 349 g/mol. The van der Waals surface area contributed by atoms with Crippen LogP contribution in [0.25, 0.3) is 0 Å². The number of morpholine rings is 1. The number of rotatable bonds is 5. The first-order chi connectivity index (χ1) is 12.1. The number of hydrogen-bond acceptors (Lipinski definition) is 3. The van der Waals surface area contributed by atoms with Gasteiger partial charge < -0.3 is 14.6 Å². The summed E-state index contributed by atoms with van der Waals surface area (Å²) in [5.74, 6) is -2.12. The Kier molecular flexibility index (Phi) is 5.45. The fraction of sp³-hybridized carbons (Fsp3) is 0.389. The molecule has 3 rings (SSSR count). The second-order valence-electron chi connectivity index (χ2n) is 6.04. The van der Waals surface area contributed by atoms with Crippen LogP contribution in [0.3, 0.4) is 0 Å². The van der Waals surface area contributed by atoms with Gasteiger partial charge >= 0.3 is 0 Å². The minimum absolute atomic E-state index is 0.0450. The quantitative estimate of drug-likeness (QED) is 0.899. The molecule has 1 aromatic carbocycles. The summed E-state index contributed by atoms with van der Waals surface area (Å²) in [6.07, 6.45) is 1.95. The zero-order valence-electron chi connectivity index (χ0n) is 14.0. The molecule has 0 bridgehead atoms. The summed E-state index contributed by atoms with van der Waals surface area (Å²) in [6.45, 7) is 3.13. The van der Waals surface area contributed by atoms with Gasteiger partial charge in [0.15, 0.2) is 0 Å². The van der Waals surface area contributed by atoms with Crippen molar-refractivity contribution in [1.29, 1.82) is 0 Å². The molecule has 5 nitrogen and oxygen atoms in total. The van der Waals surface area contributed by atoms with Crippen molar-refractivity contribution in [1.82, 2.24) is 14.8 Å². The molecule has 0 spiro atoms. The molecule has 0 unspecified atom stereocenters. The van der Waals surface area contributed by atoms with Gasteiger partial charge in [0.2, 0.25) is 0 Å². The second kappa shape index (κ2) is 7.76. The first kappa shape index (κ1) is 17.6. The van der Waals surface area contributed by atoms with E-state index in [2.05, 4.69) is 10.2 Å². The van der Waals surface area contributed by atoms with Crippen LogP contribution >= 0.6 is 0 Å². The lowest BCUT2D eigenvalue weighted by atomic mass is 10.1. The normalized spacial score (nSPS) is 16.6. The van der Waals surface area contributed by atoms with Crippen LogP contribution in [0.15, 0.2) is 36.5 Å². The number of carbonyl (C=O) groups excluding carboxylic acids is 1. The third-order valence-electron chi connectivity index (χ3n) is 4.44. The molecule has 1 N–H and O–H groups in total. The number of ether oxygens (including phenoxy) is 1. The number of benzene rings is 1. The van der Waals surface area contributed by atoms with Gasteiger partial charge in [-0.1, -0.05) is 0 Å². The van der Waals surface area contributed by atoms with Gasteiger partial charge in [0.1, 0.15) is 11.6 Å². The molecule has 7 heteroatoms. The molecule has 2 heterocycles. The molecule has 1 saturated heterocycles. The largest absolute Gasteiger partial charge is 0.379 e. The number of aromatic nitrogens is 1. The number of hydrogen-bond donors (Lipinski definition) is 1. The number of amides is 1. The highest BCUT2D eigenvalue weighted by Gasteiger charge is 2.25. The summed E-state index contributed by atoms with van der Waals surface area (Å²) in [6, 6.07) is 6.86. The van der Waals surface area contributed by atoms with E-state index in [0.717, 1.165) is 30.9 Å². The van der Waals surface area contributed by atoms with Crippen molar-refractivity contribution in [2.75, 3.05) is 32.8 Å². The molecule has 1 atom stereocenters. The Morgan fingerprint density at radius 3 is 2.68 bits per heavy atom. The second-order valence-corrected chi connectivity index (χ2v) is 6.04. The summed E-state index contributed by atoms with van der Waals surface area (Å²) in [7, 11) is 1.95. The van der Waals surface area contributed by atoms with Crippen LogP contribution in [-0.4, -0.2) is 48.2 Å². The lowest BCUT2D eigenvalue weighted by Crippen LogP contribution is -2.44. The van der Waals surface area contributed by atoms with Gasteiger partial charge in [-0.15, -0.1) is 0 Å². The van der Waals surface area contributed by atoms with E-state index in [4.69, 9.17) is 4.74 Å². The maximum atomic E-state index is 13.8. The van der Waals surface area contributed by atoms with Crippen LogP contribution in [0.1, 0.15) is 22.1 Å². The van der Waals surface area contributed by atoms with Crippen LogP contribution in [0.4, 0.5) is 8.78 Å². The maximum absolute atomic E-state index is 13.8. The minimum Gasteiger partial charge on any atom is -0.379 e. The van der Waals surface area contributed by atoms with Gasteiger partial charge in [0, 0.05) is 44.6 Å². The van der Waals surface area contributed by atoms with Gasteiger partial charge in [-0.2, -0.15) is 0 Å². The van der Waals surface area contributed by atoms with E-state index in [-0.39, 0.29) is 11.6 Å². The Labute approximate surface area is 145 Å². The molecule has 134 valence electrons. The molecule has 1 aliphatic rings. The molecule has 1 aliphatic heterocycles. The van der Waals surface area contributed by atoms with Gasteiger partial charge in [-0.05, 0) is 24.3 Å². The standard InChI is InChI=1S/C18H21F2N3O2/c1-22-6-2-3-16(22)17(23-7-9-25-10-8-23)12-21-18(24)14-5-4-13(19)11-15(14)20/h2-6,11,17H,7-10,12H2,1H3,(H,21,24)/t17-/m1/s1. The molecule has 1 fully saturated rings. The molecule has 0 aliphatic carbocycles. The number of carbonyl (C=O) groups is 1. The number of nitrogens with one attached hydrogen (secondary N) is 1. The zero-order chi connectivity index (χ0) is 17.8. The Morgan fingerprint density at radius 2 is 2.04 bits per heavy atom. The van der Waals surface area contributed by atoms with E-state index >= 15 is 0 Å². The van der Waals surface area contributed by atoms with Crippen LogP contribution in [0.2, 0.25) is 0 Å². The fourth-order valence-corrected chi connectivity index (χ4v) is 3.09. The Hall–Kier alpha value is -2.25. The Balaban J connectivity index is 1.74. The third-order valence-corrected chi connectivity index (χ3v) is 4.44. The molecule has 0 radical (unpaired) electrons. The highest BCUT2D eigenvalue weighted by Crippen LogP contribution is 2.21. The lowest BCUT2D eigenvalue weighted by molar-refractivity contribution is 0.0148.